The van der Waals surface area contributed by atoms with Crippen molar-refractivity contribution in [3.63, 3.8) is 0 Å². The molecule has 0 bridgehead atoms. The molecule has 2 N–H and O–H groups in total. The molecule has 17 heavy (non-hydrogen) atoms. The highest BCUT2D eigenvalue weighted by molar-refractivity contribution is 5.62. The van der Waals surface area contributed by atoms with Gasteiger partial charge in [0.05, 0.1) is 0 Å². The number of nitrogens with one attached hydrogen (secondary N) is 2. The van der Waals surface area contributed by atoms with Crippen molar-refractivity contribution in [2.75, 3.05) is 18.4 Å². The maximum atomic E-state index is 4.36. The Hall–Kier alpha value is -1.69. The van der Waals surface area contributed by atoms with Gasteiger partial charge in [-0.2, -0.15) is 0 Å². The Morgan fingerprint density at radius 1 is 1.41 bits per heavy atom. The SMILES string of the molecule is CC1(Nc2nccn3cnnc23)CCNCC1. The van der Waals surface area contributed by atoms with Crippen LogP contribution in [0.15, 0.2) is 18.7 Å². The van der Waals surface area contributed by atoms with Gasteiger partial charge < -0.3 is 10.6 Å². The Kier molecular flexibility index (Phi) is 2.44. The molecule has 1 aliphatic rings. The van der Waals surface area contributed by atoms with E-state index in [2.05, 4.69) is 32.7 Å². The molecule has 0 atom stereocenters. The Morgan fingerprint density at radius 2 is 2.24 bits per heavy atom. The van der Waals surface area contributed by atoms with E-state index >= 15 is 0 Å². The highest BCUT2D eigenvalue weighted by Crippen LogP contribution is 2.24. The smallest absolute Gasteiger partial charge is 0.203 e. The van der Waals surface area contributed by atoms with Crippen LogP contribution < -0.4 is 10.6 Å². The van der Waals surface area contributed by atoms with Gasteiger partial charge in [-0.3, -0.25) is 4.40 Å². The van der Waals surface area contributed by atoms with E-state index in [0.717, 1.165) is 37.4 Å². The molecule has 3 rings (SSSR count). The molecule has 2 aromatic heterocycles. The number of nitrogens with zero attached hydrogens (tertiary/aromatic N) is 4. The Balaban J connectivity index is 1.91. The number of rotatable bonds is 2. The van der Waals surface area contributed by atoms with E-state index in [-0.39, 0.29) is 5.54 Å². The first-order chi connectivity index (χ1) is 8.27. The number of hydrogen-bond donors (Lipinski definition) is 2. The maximum Gasteiger partial charge on any atom is 0.203 e. The van der Waals surface area contributed by atoms with Crippen LogP contribution in [0.5, 0.6) is 0 Å². The van der Waals surface area contributed by atoms with Gasteiger partial charge in [-0.1, -0.05) is 0 Å². The maximum absolute atomic E-state index is 4.36. The molecule has 90 valence electrons. The zero-order valence-corrected chi connectivity index (χ0v) is 9.85. The van der Waals surface area contributed by atoms with E-state index in [1.54, 1.807) is 12.5 Å². The molecule has 6 heteroatoms. The molecule has 0 aromatic carbocycles. The van der Waals surface area contributed by atoms with Crippen molar-refractivity contribution >= 4 is 11.5 Å². The highest BCUT2D eigenvalue weighted by atomic mass is 15.3. The van der Waals surface area contributed by atoms with Crippen molar-refractivity contribution in [3.8, 4) is 0 Å². The van der Waals surface area contributed by atoms with Crippen LogP contribution in [0, 0.1) is 0 Å². The molecule has 0 spiro atoms. The first kappa shape index (κ1) is 10.5. The summed E-state index contributed by atoms with van der Waals surface area (Å²) in [5.41, 5.74) is 0.874. The van der Waals surface area contributed by atoms with E-state index in [0.29, 0.717) is 0 Å². The Bertz CT molecular complexity index is 513. The lowest BCUT2D eigenvalue weighted by molar-refractivity contribution is 0.364. The van der Waals surface area contributed by atoms with E-state index < -0.39 is 0 Å². The van der Waals surface area contributed by atoms with Gasteiger partial charge in [-0.15, -0.1) is 10.2 Å². The molecule has 3 heterocycles. The van der Waals surface area contributed by atoms with Crippen molar-refractivity contribution in [3.05, 3.63) is 18.7 Å². The van der Waals surface area contributed by atoms with Crippen molar-refractivity contribution in [1.29, 1.82) is 0 Å². The van der Waals surface area contributed by atoms with Crippen LogP contribution in [0.25, 0.3) is 5.65 Å². The summed E-state index contributed by atoms with van der Waals surface area (Å²) >= 11 is 0. The minimum absolute atomic E-state index is 0.0893. The lowest BCUT2D eigenvalue weighted by atomic mass is 9.91. The molecule has 0 saturated carbocycles. The second-order valence-corrected chi connectivity index (χ2v) is 4.77. The molecule has 1 saturated heterocycles. The van der Waals surface area contributed by atoms with Gasteiger partial charge in [0.2, 0.25) is 5.65 Å². The molecule has 0 radical (unpaired) electrons. The summed E-state index contributed by atoms with van der Waals surface area (Å²) in [6.45, 7) is 4.31. The zero-order chi connectivity index (χ0) is 11.7. The molecule has 1 aliphatic heterocycles. The first-order valence-corrected chi connectivity index (χ1v) is 5.90. The molecule has 2 aromatic rings. The standard InChI is InChI=1S/C11H16N6/c1-11(2-4-12-5-3-11)15-9-10-16-14-8-17(10)7-6-13-9/h6-8,12H,2-5H2,1H3,(H,13,15). The van der Waals surface area contributed by atoms with Crippen molar-refractivity contribution in [2.24, 2.45) is 0 Å². The van der Waals surface area contributed by atoms with Crippen molar-refractivity contribution in [2.45, 2.75) is 25.3 Å². The van der Waals surface area contributed by atoms with Crippen molar-refractivity contribution < 1.29 is 0 Å². The second-order valence-electron chi connectivity index (χ2n) is 4.77. The number of fused-ring (bicyclic) bond motifs is 1. The summed E-state index contributed by atoms with van der Waals surface area (Å²) in [5, 5.41) is 14.9. The summed E-state index contributed by atoms with van der Waals surface area (Å²) in [6, 6.07) is 0. The molecular weight excluding hydrogens is 216 g/mol. The normalized spacial score (nSPS) is 19.4. The largest absolute Gasteiger partial charge is 0.362 e. The molecule has 1 fully saturated rings. The molecular formula is C11H16N6. The predicted molar refractivity (Wildman–Crippen MR) is 64.9 cm³/mol. The van der Waals surface area contributed by atoms with Gasteiger partial charge in [0.1, 0.15) is 6.33 Å². The predicted octanol–water partition coefficient (Wildman–Crippen LogP) is 0.678. The molecule has 0 amide bonds. The highest BCUT2D eigenvalue weighted by Gasteiger charge is 2.27. The summed E-state index contributed by atoms with van der Waals surface area (Å²) < 4.78 is 1.87. The summed E-state index contributed by atoms with van der Waals surface area (Å²) in [7, 11) is 0. The third-order valence-corrected chi connectivity index (χ3v) is 3.34. The Labute approximate surface area is 99.5 Å². The van der Waals surface area contributed by atoms with E-state index in [1.807, 2.05) is 10.6 Å². The zero-order valence-electron chi connectivity index (χ0n) is 9.85. The summed E-state index contributed by atoms with van der Waals surface area (Å²) in [6.07, 6.45) is 7.48. The minimum Gasteiger partial charge on any atom is -0.362 e. The van der Waals surface area contributed by atoms with E-state index in [4.69, 9.17) is 0 Å². The van der Waals surface area contributed by atoms with E-state index in [9.17, 15) is 0 Å². The van der Waals surface area contributed by atoms with Gasteiger partial charge in [0, 0.05) is 17.9 Å². The summed E-state index contributed by atoms with van der Waals surface area (Å²) in [5.74, 6) is 0.814. The fourth-order valence-corrected chi connectivity index (χ4v) is 2.24. The van der Waals surface area contributed by atoms with Crippen LogP contribution in [0.3, 0.4) is 0 Å². The van der Waals surface area contributed by atoms with Crippen molar-refractivity contribution in [1.82, 2.24) is 24.9 Å². The van der Waals surface area contributed by atoms with Gasteiger partial charge >= 0.3 is 0 Å². The van der Waals surface area contributed by atoms with Crippen LogP contribution in [0.1, 0.15) is 19.8 Å². The third-order valence-electron chi connectivity index (χ3n) is 3.34. The minimum atomic E-state index is 0.0893. The topological polar surface area (TPSA) is 67.1 Å². The average Bonchev–Trinajstić information content (AvgIpc) is 2.79. The Morgan fingerprint density at radius 3 is 3.06 bits per heavy atom. The van der Waals surface area contributed by atoms with Gasteiger partial charge in [0.15, 0.2) is 5.82 Å². The van der Waals surface area contributed by atoms with Crippen LogP contribution >= 0.6 is 0 Å². The lowest BCUT2D eigenvalue weighted by Gasteiger charge is -2.35. The fraction of sp³-hybridized carbons (Fsp3) is 0.545. The third kappa shape index (κ3) is 1.95. The van der Waals surface area contributed by atoms with Crippen LogP contribution in [0.4, 0.5) is 5.82 Å². The summed E-state index contributed by atoms with van der Waals surface area (Å²) in [4.78, 5) is 4.36. The van der Waals surface area contributed by atoms with Gasteiger partial charge in [-0.05, 0) is 32.9 Å². The fourth-order valence-electron chi connectivity index (χ4n) is 2.24. The van der Waals surface area contributed by atoms with E-state index in [1.165, 1.54) is 0 Å². The molecule has 6 nitrogen and oxygen atoms in total. The van der Waals surface area contributed by atoms with Gasteiger partial charge in [0.25, 0.3) is 0 Å². The molecule has 0 unspecified atom stereocenters. The van der Waals surface area contributed by atoms with Crippen LogP contribution in [0.2, 0.25) is 0 Å². The number of aromatic nitrogens is 4. The average molecular weight is 232 g/mol. The molecule has 0 aliphatic carbocycles. The first-order valence-electron chi connectivity index (χ1n) is 5.90. The monoisotopic (exact) mass is 232 g/mol. The van der Waals surface area contributed by atoms with Crippen LogP contribution in [-0.4, -0.2) is 38.2 Å². The number of anilines is 1. The second kappa shape index (κ2) is 3.96. The van der Waals surface area contributed by atoms with Crippen LogP contribution in [-0.2, 0) is 0 Å². The van der Waals surface area contributed by atoms with Gasteiger partial charge in [-0.25, -0.2) is 4.98 Å². The quantitative estimate of drug-likeness (QED) is 0.797. The number of piperidine rings is 1. The number of hydrogen-bond acceptors (Lipinski definition) is 5. The lowest BCUT2D eigenvalue weighted by Crippen LogP contribution is -2.45.